The van der Waals surface area contributed by atoms with Crippen LogP contribution in [0, 0.1) is 10.1 Å². The maximum absolute atomic E-state index is 12.3. The number of ketones is 1. The summed E-state index contributed by atoms with van der Waals surface area (Å²) < 4.78 is 11.0. The molecule has 21 heavy (non-hydrogen) atoms. The highest BCUT2D eigenvalue weighted by Crippen LogP contribution is 2.40. The van der Waals surface area contributed by atoms with E-state index >= 15 is 0 Å². The van der Waals surface area contributed by atoms with Gasteiger partial charge in [-0.2, -0.15) is 0 Å². The summed E-state index contributed by atoms with van der Waals surface area (Å²) in [6, 6.07) is 9.28. The smallest absolute Gasteiger partial charge is 0.269 e. The topological polar surface area (TPSA) is 78.7 Å². The molecule has 2 aromatic carbocycles. The summed E-state index contributed by atoms with van der Waals surface area (Å²) in [5.74, 6) is 1.06. The summed E-state index contributed by atoms with van der Waals surface area (Å²) in [5, 5.41) is 10.8. The van der Waals surface area contributed by atoms with Crippen molar-refractivity contribution < 1.29 is 19.2 Å². The maximum Gasteiger partial charge on any atom is 0.269 e. The number of nitro benzene ring substituents is 1. The molecule has 6 nitrogen and oxygen atoms in total. The van der Waals surface area contributed by atoms with Gasteiger partial charge in [-0.05, 0) is 18.2 Å². The number of ether oxygens (including phenoxy) is 2. The van der Waals surface area contributed by atoms with Crippen molar-refractivity contribution in [1.29, 1.82) is 0 Å². The first-order chi connectivity index (χ1) is 10.1. The van der Waals surface area contributed by atoms with E-state index in [0.717, 1.165) is 0 Å². The quantitative estimate of drug-likeness (QED) is 0.625. The molecule has 0 unspecified atom stereocenters. The highest BCUT2D eigenvalue weighted by Gasteiger charge is 2.25. The molecular formula is C15H11NO5. The van der Waals surface area contributed by atoms with E-state index < -0.39 is 4.92 Å². The minimum absolute atomic E-state index is 0.0528. The molecule has 0 saturated carbocycles. The van der Waals surface area contributed by atoms with Crippen molar-refractivity contribution >= 4 is 11.5 Å². The molecule has 0 amide bonds. The van der Waals surface area contributed by atoms with E-state index in [1.54, 1.807) is 18.2 Å². The summed E-state index contributed by atoms with van der Waals surface area (Å²) in [6.07, 6.45) is 0.0528. The largest absolute Gasteiger partial charge is 0.493 e. The van der Waals surface area contributed by atoms with E-state index in [1.807, 2.05) is 0 Å². The van der Waals surface area contributed by atoms with Crippen LogP contribution in [0.4, 0.5) is 5.69 Å². The van der Waals surface area contributed by atoms with Gasteiger partial charge in [0.1, 0.15) is 5.75 Å². The van der Waals surface area contributed by atoms with Gasteiger partial charge in [0.25, 0.3) is 5.69 Å². The molecule has 0 N–H and O–H groups in total. The molecule has 3 rings (SSSR count). The second-order valence-corrected chi connectivity index (χ2v) is 4.59. The van der Waals surface area contributed by atoms with Gasteiger partial charge >= 0.3 is 0 Å². The number of carbonyl (C=O) groups is 1. The molecule has 6 heteroatoms. The van der Waals surface area contributed by atoms with Crippen molar-refractivity contribution in [2.75, 3.05) is 7.11 Å². The molecule has 0 spiro atoms. The van der Waals surface area contributed by atoms with Crippen molar-refractivity contribution in [2.45, 2.75) is 6.42 Å². The Hall–Kier alpha value is -2.89. The predicted octanol–water partition coefficient (Wildman–Crippen LogP) is 3.13. The Bertz CT molecular complexity index is 754. The van der Waals surface area contributed by atoms with Crippen LogP contribution >= 0.6 is 0 Å². The molecule has 0 atom stereocenters. The maximum atomic E-state index is 12.3. The Morgan fingerprint density at radius 3 is 2.81 bits per heavy atom. The average Bonchev–Trinajstić information content (AvgIpc) is 2.62. The standard InChI is InChI=1S/C15H11NO5/c1-20-14-4-2-3-11-12(17)8-9-7-10(16(18)19)5-6-13(9)21-15(11)14/h2-7H,8H2,1H3. The molecule has 0 fully saturated rings. The van der Waals surface area contributed by atoms with Gasteiger partial charge in [-0.3, -0.25) is 14.9 Å². The summed E-state index contributed by atoms with van der Waals surface area (Å²) in [4.78, 5) is 22.6. The van der Waals surface area contributed by atoms with Crippen LogP contribution in [0.1, 0.15) is 15.9 Å². The molecule has 1 heterocycles. The number of hydrogen-bond donors (Lipinski definition) is 0. The van der Waals surface area contributed by atoms with Crippen LogP contribution < -0.4 is 9.47 Å². The lowest BCUT2D eigenvalue weighted by Gasteiger charge is -2.11. The van der Waals surface area contributed by atoms with Crippen molar-refractivity contribution in [1.82, 2.24) is 0 Å². The highest BCUT2D eigenvalue weighted by atomic mass is 16.6. The number of methoxy groups -OCH3 is 1. The van der Waals surface area contributed by atoms with Crippen LogP contribution in [-0.4, -0.2) is 17.8 Å². The second-order valence-electron chi connectivity index (χ2n) is 4.59. The fraction of sp³-hybridized carbons (Fsp3) is 0.133. The van der Waals surface area contributed by atoms with Gasteiger partial charge in [0, 0.05) is 24.1 Å². The summed E-state index contributed by atoms with van der Waals surface area (Å²) in [7, 11) is 1.49. The average molecular weight is 285 g/mol. The van der Waals surface area contributed by atoms with Crippen LogP contribution in [-0.2, 0) is 6.42 Å². The highest BCUT2D eigenvalue weighted by molar-refractivity contribution is 6.02. The Morgan fingerprint density at radius 2 is 2.10 bits per heavy atom. The van der Waals surface area contributed by atoms with E-state index in [0.29, 0.717) is 28.4 Å². The van der Waals surface area contributed by atoms with Gasteiger partial charge in [-0.15, -0.1) is 0 Å². The molecule has 0 saturated heterocycles. The molecular weight excluding hydrogens is 274 g/mol. The molecule has 106 valence electrons. The van der Waals surface area contributed by atoms with Gasteiger partial charge < -0.3 is 9.47 Å². The van der Waals surface area contributed by atoms with Crippen molar-refractivity contribution in [3.63, 3.8) is 0 Å². The number of Topliss-reactive ketones (excluding diaryl/α,β-unsaturated/α-hetero) is 1. The molecule has 1 aliphatic heterocycles. The number of non-ortho nitro benzene ring substituents is 1. The number of nitro groups is 1. The third-order valence-corrected chi connectivity index (χ3v) is 3.32. The number of para-hydroxylation sites is 1. The van der Waals surface area contributed by atoms with Gasteiger partial charge in [0.15, 0.2) is 17.3 Å². The van der Waals surface area contributed by atoms with Crippen molar-refractivity contribution in [3.8, 4) is 17.2 Å². The third kappa shape index (κ3) is 2.20. The normalized spacial score (nSPS) is 12.7. The number of fused-ring (bicyclic) bond motifs is 2. The predicted molar refractivity (Wildman–Crippen MR) is 74.2 cm³/mol. The van der Waals surface area contributed by atoms with Gasteiger partial charge in [-0.25, -0.2) is 0 Å². The number of nitrogens with zero attached hydrogens (tertiary/aromatic N) is 1. The number of carbonyl (C=O) groups excluding carboxylic acids is 1. The Balaban J connectivity index is 2.15. The first-order valence-corrected chi connectivity index (χ1v) is 6.25. The van der Waals surface area contributed by atoms with E-state index in [-0.39, 0.29) is 17.9 Å². The zero-order chi connectivity index (χ0) is 15.0. The minimum Gasteiger partial charge on any atom is -0.493 e. The van der Waals surface area contributed by atoms with Crippen LogP contribution in [0.2, 0.25) is 0 Å². The SMILES string of the molecule is COc1cccc2c1Oc1ccc([N+](=O)[O-])cc1CC2=O. The number of rotatable bonds is 2. The lowest BCUT2D eigenvalue weighted by atomic mass is 10.0. The summed E-state index contributed by atoms with van der Waals surface area (Å²) in [6.45, 7) is 0. The van der Waals surface area contributed by atoms with E-state index in [4.69, 9.17) is 9.47 Å². The van der Waals surface area contributed by atoms with E-state index in [1.165, 1.54) is 25.3 Å². The number of hydrogen-bond acceptors (Lipinski definition) is 5. The van der Waals surface area contributed by atoms with Gasteiger partial charge in [0.05, 0.1) is 17.6 Å². The molecule has 0 radical (unpaired) electrons. The molecule has 0 aliphatic carbocycles. The van der Waals surface area contributed by atoms with Crippen LogP contribution in [0.25, 0.3) is 0 Å². The Labute approximate surface area is 120 Å². The van der Waals surface area contributed by atoms with Crippen LogP contribution in [0.3, 0.4) is 0 Å². The Kier molecular flexibility index (Phi) is 3.06. The van der Waals surface area contributed by atoms with E-state index in [2.05, 4.69) is 0 Å². The third-order valence-electron chi connectivity index (χ3n) is 3.32. The molecule has 1 aliphatic rings. The summed E-state index contributed by atoms with van der Waals surface area (Å²) in [5.41, 5.74) is 0.837. The fourth-order valence-corrected chi connectivity index (χ4v) is 2.30. The Morgan fingerprint density at radius 1 is 1.29 bits per heavy atom. The first kappa shape index (κ1) is 13.1. The minimum atomic E-state index is -0.497. The zero-order valence-electron chi connectivity index (χ0n) is 11.2. The number of benzene rings is 2. The van der Waals surface area contributed by atoms with Gasteiger partial charge in [0.2, 0.25) is 0 Å². The second kappa shape index (κ2) is 4.90. The molecule has 2 aromatic rings. The lowest BCUT2D eigenvalue weighted by molar-refractivity contribution is -0.384. The van der Waals surface area contributed by atoms with Gasteiger partial charge in [-0.1, -0.05) is 6.07 Å². The van der Waals surface area contributed by atoms with Crippen molar-refractivity contribution in [3.05, 3.63) is 57.6 Å². The van der Waals surface area contributed by atoms with Crippen molar-refractivity contribution in [2.24, 2.45) is 0 Å². The lowest BCUT2D eigenvalue weighted by Crippen LogP contribution is -2.02. The fourth-order valence-electron chi connectivity index (χ4n) is 2.30. The van der Waals surface area contributed by atoms with E-state index in [9.17, 15) is 14.9 Å². The van der Waals surface area contributed by atoms with Crippen LogP contribution in [0.5, 0.6) is 17.2 Å². The van der Waals surface area contributed by atoms with Crippen LogP contribution in [0.15, 0.2) is 36.4 Å². The summed E-state index contributed by atoms with van der Waals surface area (Å²) >= 11 is 0. The molecule has 0 aromatic heterocycles. The first-order valence-electron chi connectivity index (χ1n) is 6.25. The molecule has 0 bridgehead atoms. The monoisotopic (exact) mass is 285 g/mol. The zero-order valence-corrected chi connectivity index (χ0v) is 11.2.